The first-order valence-corrected chi connectivity index (χ1v) is 11.3. The number of benzene rings is 2. The normalized spacial score (nSPS) is 18.9. The summed E-state index contributed by atoms with van der Waals surface area (Å²) in [4.78, 5) is 0. The molecule has 0 bridgehead atoms. The van der Waals surface area contributed by atoms with Gasteiger partial charge in [0.05, 0.1) is 12.4 Å². The summed E-state index contributed by atoms with van der Waals surface area (Å²) in [7, 11) is -3.51. The molecule has 6 nitrogen and oxygen atoms in total. The van der Waals surface area contributed by atoms with Crippen molar-refractivity contribution in [2.45, 2.75) is 13.8 Å². The van der Waals surface area contributed by atoms with Gasteiger partial charge in [-0.15, -0.1) is 0 Å². The Kier molecular flexibility index (Phi) is 6.42. The first kappa shape index (κ1) is 21.1. The van der Waals surface area contributed by atoms with E-state index in [1.54, 1.807) is 37.4 Å². The number of hydrogen-bond acceptors (Lipinski definition) is 5. The van der Waals surface area contributed by atoms with E-state index in [1.807, 2.05) is 43.3 Å². The summed E-state index contributed by atoms with van der Waals surface area (Å²) in [5.41, 5.74) is 7.19. The first-order chi connectivity index (χ1) is 14.0. The van der Waals surface area contributed by atoms with Crippen LogP contribution in [-0.4, -0.2) is 33.9 Å². The number of quaternary nitrogens is 1. The van der Waals surface area contributed by atoms with Gasteiger partial charge in [0.25, 0.3) is 0 Å². The van der Waals surface area contributed by atoms with E-state index >= 15 is 0 Å². The zero-order chi connectivity index (χ0) is 20.9. The molecule has 1 heterocycles. The van der Waals surface area contributed by atoms with Gasteiger partial charge in [0.15, 0.2) is 17.2 Å². The molecule has 1 aliphatic rings. The van der Waals surface area contributed by atoms with Crippen LogP contribution in [-0.2, 0) is 10.0 Å². The fraction of sp³-hybridized carbons (Fsp3) is 0.273. The van der Waals surface area contributed by atoms with Gasteiger partial charge in [0.2, 0.25) is 0 Å². The predicted octanol–water partition coefficient (Wildman–Crippen LogP) is 3.95. The predicted molar refractivity (Wildman–Crippen MR) is 117 cm³/mol. The van der Waals surface area contributed by atoms with Gasteiger partial charge >= 0.3 is 10.0 Å². The summed E-state index contributed by atoms with van der Waals surface area (Å²) in [6.45, 7) is 4.66. The molecule has 2 N–H and O–H groups in total. The summed E-state index contributed by atoms with van der Waals surface area (Å²) in [6, 6.07) is 14.6. The van der Waals surface area contributed by atoms with Crippen LogP contribution in [0, 0.1) is 0 Å². The average Bonchev–Trinajstić information content (AvgIpc) is 2.75. The summed E-state index contributed by atoms with van der Waals surface area (Å²) >= 11 is 0. The molecule has 1 atom stereocenters. The third-order valence-electron chi connectivity index (χ3n) is 4.81. The maximum Gasteiger partial charge on any atom is 0.306 e. The Morgan fingerprint density at radius 2 is 1.83 bits per heavy atom. The second-order valence-electron chi connectivity index (χ2n) is 6.64. The standard InChI is InChI=1S/C22H27N2O4S/c1-3-27-21-12-5-6-13-22(21)28-20-11-7-10-19(15-20)24(29(25,26)4-2)14-8-9-18(16-23)17-24/h5-13,15,17H,3-4,14,16,23H2,1-2H3/q+1. The first-order valence-electron chi connectivity index (χ1n) is 9.65. The van der Waals surface area contributed by atoms with E-state index in [4.69, 9.17) is 15.2 Å². The van der Waals surface area contributed by atoms with Crippen molar-refractivity contribution in [3.8, 4) is 17.2 Å². The number of nitrogens with two attached hydrogens (primary N) is 1. The van der Waals surface area contributed by atoms with Gasteiger partial charge < -0.3 is 15.2 Å². The lowest BCUT2D eigenvalue weighted by atomic mass is 10.2. The highest BCUT2D eigenvalue weighted by Gasteiger charge is 2.42. The van der Waals surface area contributed by atoms with Crippen molar-refractivity contribution >= 4 is 15.7 Å². The van der Waals surface area contributed by atoms with Crippen molar-refractivity contribution in [3.05, 3.63) is 72.5 Å². The Balaban J connectivity index is 2.05. The summed E-state index contributed by atoms with van der Waals surface area (Å²) in [5, 5.41) is 0. The topological polar surface area (TPSA) is 78.6 Å². The molecule has 0 aliphatic carbocycles. The molecule has 0 spiro atoms. The van der Waals surface area contributed by atoms with Crippen molar-refractivity contribution in [2.24, 2.45) is 5.73 Å². The molecular formula is C22H27N2O4S+. The van der Waals surface area contributed by atoms with Gasteiger partial charge in [-0.1, -0.05) is 24.3 Å². The van der Waals surface area contributed by atoms with Gasteiger partial charge in [-0.3, -0.25) is 0 Å². The van der Waals surface area contributed by atoms with Crippen molar-refractivity contribution < 1.29 is 17.9 Å². The van der Waals surface area contributed by atoms with E-state index in [1.165, 1.54) is 0 Å². The smallest absolute Gasteiger partial charge is 0.306 e. The highest BCUT2D eigenvalue weighted by Crippen LogP contribution is 2.37. The molecule has 0 aromatic heterocycles. The number of nitrogens with zero attached hydrogens (tertiary/aromatic N) is 1. The highest BCUT2D eigenvalue weighted by atomic mass is 32.2. The molecular weight excluding hydrogens is 388 g/mol. The molecule has 0 saturated heterocycles. The molecule has 7 heteroatoms. The van der Waals surface area contributed by atoms with Gasteiger partial charge in [-0.2, -0.15) is 12.3 Å². The minimum absolute atomic E-state index is 0.00739. The van der Waals surface area contributed by atoms with E-state index in [2.05, 4.69) is 0 Å². The Morgan fingerprint density at radius 1 is 1.07 bits per heavy atom. The summed E-state index contributed by atoms with van der Waals surface area (Å²) in [6.07, 6.45) is 5.46. The number of sulfonamides is 1. The quantitative estimate of drug-likeness (QED) is 0.661. The third kappa shape index (κ3) is 4.22. The minimum atomic E-state index is -3.51. The van der Waals surface area contributed by atoms with Crippen LogP contribution in [0.5, 0.6) is 17.2 Å². The zero-order valence-corrected chi connectivity index (χ0v) is 17.6. The maximum absolute atomic E-state index is 13.1. The number of ether oxygens (including phenoxy) is 2. The zero-order valence-electron chi connectivity index (χ0n) is 16.7. The lowest BCUT2D eigenvalue weighted by Crippen LogP contribution is -2.51. The lowest BCUT2D eigenvalue weighted by molar-refractivity contribution is 0.321. The second kappa shape index (κ2) is 8.82. The third-order valence-corrected chi connectivity index (χ3v) is 7.00. The van der Waals surface area contributed by atoms with Crippen LogP contribution in [0.1, 0.15) is 13.8 Å². The van der Waals surface area contributed by atoms with E-state index in [0.29, 0.717) is 36.1 Å². The van der Waals surface area contributed by atoms with Crippen molar-refractivity contribution in [1.82, 2.24) is 3.89 Å². The Morgan fingerprint density at radius 3 is 2.52 bits per heavy atom. The van der Waals surface area contributed by atoms with Gasteiger partial charge in [0.1, 0.15) is 18.5 Å². The monoisotopic (exact) mass is 415 g/mol. The molecule has 2 aromatic carbocycles. The summed E-state index contributed by atoms with van der Waals surface area (Å²) < 4.78 is 37.6. The molecule has 0 radical (unpaired) electrons. The van der Waals surface area contributed by atoms with Crippen molar-refractivity contribution in [3.63, 3.8) is 0 Å². The van der Waals surface area contributed by atoms with E-state index in [-0.39, 0.29) is 16.2 Å². The van der Waals surface area contributed by atoms with Crippen molar-refractivity contribution in [2.75, 3.05) is 25.4 Å². The maximum atomic E-state index is 13.1. The molecule has 154 valence electrons. The Labute approximate surface area is 172 Å². The van der Waals surface area contributed by atoms with Crippen LogP contribution in [0.15, 0.2) is 72.5 Å². The molecule has 1 unspecified atom stereocenters. The fourth-order valence-corrected chi connectivity index (χ4v) is 4.83. The van der Waals surface area contributed by atoms with Crippen LogP contribution in [0.4, 0.5) is 5.69 Å². The van der Waals surface area contributed by atoms with Crippen LogP contribution in [0.2, 0.25) is 0 Å². The van der Waals surface area contributed by atoms with E-state index in [0.717, 1.165) is 5.57 Å². The molecule has 0 amide bonds. The number of rotatable bonds is 8. The van der Waals surface area contributed by atoms with Crippen molar-refractivity contribution in [1.29, 1.82) is 0 Å². The average molecular weight is 416 g/mol. The minimum Gasteiger partial charge on any atom is -0.490 e. The highest BCUT2D eigenvalue weighted by molar-refractivity contribution is 7.91. The molecule has 0 saturated carbocycles. The molecule has 3 rings (SSSR count). The lowest BCUT2D eigenvalue weighted by Gasteiger charge is -2.34. The Bertz CT molecular complexity index is 1030. The van der Waals surface area contributed by atoms with Gasteiger partial charge in [-0.25, -0.2) is 0 Å². The number of hydrogen-bond donors (Lipinski definition) is 1. The number of para-hydroxylation sites is 2. The van der Waals surface area contributed by atoms with E-state index < -0.39 is 10.0 Å². The van der Waals surface area contributed by atoms with Gasteiger partial charge in [-0.05, 0) is 38.1 Å². The molecule has 0 fully saturated rings. The second-order valence-corrected chi connectivity index (χ2v) is 9.03. The molecule has 29 heavy (non-hydrogen) atoms. The Hall–Kier alpha value is -2.61. The van der Waals surface area contributed by atoms with Crippen LogP contribution in [0.25, 0.3) is 0 Å². The van der Waals surface area contributed by atoms with E-state index in [9.17, 15) is 8.42 Å². The van der Waals surface area contributed by atoms with Crippen LogP contribution >= 0.6 is 0 Å². The largest absolute Gasteiger partial charge is 0.490 e. The fourth-order valence-electron chi connectivity index (χ4n) is 3.33. The molecule has 2 aromatic rings. The van der Waals surface area contributed by atoms with Gasteiger partial charge in [0, 0.05) is 24.3 Å². The summed E-state index contributed by atoms with van der Waals surface area (Å²) in [5.74, 6) is 1.76. The molecule has 1 aliphatic heterocycles. The van der Waals surface area contributed by atoms with Crippen LogP contribution < -0.4 is 19.1 Å². The SMILES string of the molecule is CCOc1ccccc1Oc1cccc([N+]2(S(=O)(=O)CC)C=C(CN)C=CC2)c1. The van der Waals surface area contributed by atoms with Crippen LogP contribution in [0.3, 0.4) is 0 Å².